The number of pyridine rings is 1. The summed E-state index contributed by atoms with van der Waals surface area (Å²) < 4.78 is 2.38. The fourth-order valence-electron chi connectivity index (χ4n) is 8.88. The number of hydrogen-bond donors (Lipinski definition) is 0. The van der Waals surface area contributed by atoms with Gasteiger partial charge in [0.05, 0.1) is 22.2 Å². The normalized spacial score (nSPS) is 11.6. The molecule has 0 aliphatic carbocycles. The molecule has 0 unspecified atom stereocenters. The van der Waals surface area contributed by atoms with Crippen LogP contribution >= 0.6 is 0 Å². The second-order valence-electron chi connectivity index (χ2n) is 15.4. The van der Waals surface area contributed by atoms with E-state index >= 15 is 0 Å². The molecule has 0 N–H and O–H groups in total. The summed E-state index contributed by atoms with van der Waals surface area (Å²) in [4.78, 5) is 20.7. The Labute approximate surface area is 351 Å². The highest BCUT2D eigenvalue weighted by Crippen LogP contribution is 2.42. The van der Waals surface area contributed by atoms with Crippen molar-refractivity contribution < 1.29 is 0 Å². The molecular weight excluding hydrogens is 743 g/mol. The summed E-state index contributed by atoms with van der Waals surface area (Å²) in [7, 11) is 0. The van der Waals surface area contributed by atoms with Crippen molar-refractivity contribution in [2.45, 2.75) is 0 Å². The summed E-state index contributed by atoms with van der Waals surface area (Å²) >= 11 is 0. The molecule has 0 bridgehead atoms. The van der Waals surface area contributed by atoms with E-state index in [0.29, 0.717) is 17.5 Å². The SMILES string of the molecule is c1ccc(-c2nc(-c3cccc(-c4ccc5c(c4)c4ccc6c7ccccc7c(-c7ccccc7)nc6c4n5-c4ccccc4)c3)nc(-c3ccc4ccccc4c3)n2)cc1. The number of benzene rings is 9. The van der Waals surface area contributed by atoms with Gasteiger partial charge in [0.2, 0.25) is 0 Å². The van der Waals surface area contributed by atoms with Crippen molar-refractivity contribution in [1.29, 1.82) is 0 Å². The van der Waals surface area contributed by atoms with Gasteiger partial charge in [-0.1, -0.05) is 176 Å². The molecule has 5 nitrogen and oxygen atoms in total. The molecule has 0 spiro atoms. The molecule has 12 rings (SSSR count). The van der Waals surface area contributed by atoms with Gasteiger partial charge in [-0.15, -0.1) is 0 Å². The molecule has 0 aliphatic heterocycles. The third-order valence-corrected chi connectivity index (χ3v) is 11.8. The molecular formula is C56H35N5. The summed E-state index contributed by atoms with van der Waals surface area (Å²) in [6, 6.07) is 74.6. The number of rotatable bonds is 6. The quantitative estimate of drug-likeness (QED) is 0.158. The van der Waals surface area contributed by atoms with Crippen molar-refractivity contribution in [2.24, 2.45) is 0 Å². The van der Waals surface area contributed by atoms with E-state index in [4.69, 9.17) is 19.9 Å². The van der Waals surface area contributed by atoms with E-state index < -0.39 is 0 Å². The first-order chi connectivity index (χ1) is 30.2. The zero-order valence-electron chi connectivity index (χ0n) is 32.9. The molecule has 5 heteroatoms. The third kappa shape index (κ3) is 5.94. The Kier molecular flexibility index (Phi) is 8.10. The molecule has 61 heavy (non-hydrogen) atoms. The Morgan fingerprint density at radius 3 is 1.62 bits per heavy atom. The lowest BCUT2D eigenvalue weighted by atomic mass is 9.98. The maximum Gasteiger partial charge on any atom is 0.164 e. The van der Waals surface area contributed by atoms with Crippen molar-refractivity contribution in [1.82, 2.24) is 24.5 Å². The van der Waals surface area contributed by atoms with Crippen molar-refractivity contribution in [3.8, 4) is 62.2 Å². The molecule has 3 heterocycles. The summed E-state index contributed by atoms with van der Waals surface area (Å²) in [5.74, 6) is 1.90. The zero-order valence-corrected chi connectivity index (χ0v) is 32.9. The molecule has 3 aromatic heterocycles. The Balaban J connectivity index is 1.05. The Bertz CT molecular complexity index is 3630. The van der Waals surface area contributed by atoms with Gasteiger partial charge in [0.1, 0.15) is 0 Å². The minimum absolute atomic E-state index is 0.625. The topological polar surface area (TPSA) is 56.5 Å². The van der Waals surface area contributed by atoms with Gasteiger partial charge in [0.25, 0.3) is 0 Å². The molecule has 0 saturated carbocycles. The van der Waals surface area contributed by atoms with E-state index in [1.807, 2.05) is 30.3 Å². The lowest BCUT2D eigenvalue weighted by Crippen LogP contribution is -2.00. The van der Waals surface area contributed by atoms with Crippen LogP contribution in [0.15, 0.2) is 212 Å². The monoisotopic (exact) mass is 777 g/mol. The highest BCUT2D eigenvalue weighted by Gasteiger charge is 2.20. The summed E-state index contributed by atoms with van der Waals surface area (Å²) in [5.41, 5.74) is 11.3. The van der Waals surface area contributed by atoms with Crippen LogP contribution in [0, 0.1) is 0 Å². The molecule has 284 valence electrons. The van der Waals surface area contributed by atoms with Crippen LogP contribution in [0.2, 0.25) is 0 Å². The van der Waals surface area contributed by atoms with E-state index in [1.54, 1.807) is 0 Å². The number of fused-ring (bicyclic) bond motifs is 8. The van der Waals surface area contributed by atoms with Crippen LogP contribution < -0.4 is 0 Å². The molecule has 0 saturated heterocycles. The molecule has 0 aliphatic rings. The molecule has 12 aromatic rings. The maximum atomic E-state index is 5.54. The highest BCUT2D eigenvalue weighted by molar-refractivity contribution is 6.23. The number of nitrogens with zero attached hydrogens (tertiary/aromatic N) is 5. The Hall–Kier alpha value is -8.28. The van der Waals surface area contributed by atoms with Crippen LogP contribution in [0.1, 0.15) is 0 Å². The number of hydrogen-bond acceptors (Lipinski definition) is 4. The van der Waals surface area contributed by atoms with Gasteiger partial charge >= 0.3 is 0 Å². The Morgan fingerprint density at radius 1 is 0.295 bits per heavy atom. The first-order valence-corrected chi connectivity index (χ1v) is 20.6. The Morgan fingerprint density at radius 2 is 0.852 bits per heavy atom. The lowest BCUT2D eigenvalue weighted by Gasteiger charge is -2.13. The van der Waals surface area contributed by atoms with E-state index in [2.05, 4.69) is 187 Å². The van der Waals surface area contributed by atoms with Gasteiger partial charge in [0, 0.05) is 49.5 Å². The zero-order chi connectivity index (χ0) is 40.3. The maximum absolute atomic E-state index is 5.54. The van der Waals surface area contributed by atoms with Crippen LogP contribution in [0.3, 0.4) is 0 Å². The third-order valence-electron chi connectivity index (χ3n) is 11.8. The molecule has 0 fully saturated rings. The van der Waals surface area contributed by atoms with Crippen LogP contribution in [-0.2, 0) is 0 Å². The molecule has 9 aromatic carbocycles. The van der Waals surface area contributed by atoms with Gasteiger partial charge in [-0.3, -0.25) is 0 Å². The van der Waals surface area contributed by atoms with Gasteiger partial charge in [0.15, 0.2) is 17.5 Å². The van der Waals surface area contributed by atoms with Crippen molar-refractivity contribution in [3.05, 3.63) is 212 Å². The van der Waals surface area contributed by atoms with Crippen LogP contribution in [-0.4, -0.2) is 24.5 Å². The number of para-hydroxylation sites is 1. The minimum Gasteiger partial charge on any atom is -0.307 e. The summed E-state index contributed by atoms with van der Waals surface area (Å²) in [5, 5.41) is 8.09. The van der Waals surface area contributed by atoms with Crippen molar-refractivity contribution in [2.75, 3.05) is 0 Å². The smallest absolute Gasteiger partial charge is 0.164 e. The molecule has 0 radical (unpaired) electrons. The van der Waals surface area contributed by atoms with Crippen LogP contribution in [0.4, 0.5) is 0 Å². The first kappa shape index (κ1) is 34.7. The molecule has 0 amide bonds. The fraction of sp³-hybridized carbons (Fsp3) is 0. The van der Waals surface area contributed by atoms with Gasteiger partial charge in [-0.05, 0) is 63.7 Å². The first-order valence-electron chi connectivity index (χ1n) is 20.6. The summed E-state index contributed by atoms with van der Waals surface area (Å²) in [6.45, 7) is 0. The van der Waals surface area contributed by atoms with E-state index in [9.17, 15) is 0 Å². The summed E-state index contributed by atoms with van der Waals surface area (Å²) in [6.07, 6.45) is 0. The average Bonchev–Trinajstić information content (AvgIpc) is 3.68. The predicted molar refractivity (Wildman–Crippen MR) is 252 cm³/mol. The van der Waals surface area contributed by atoms with E-state index in [0.717, 1.165) is 88.2 Å². The van der Waals surface area contributed by atoms with E-state index in [-0.39, 0.29) is 0 Å². The predicted octanol–water partition coefficient (Wildman–Crippen LogP) is 14.2. The minimum atomic E-state index is 0.625. The highest BCUT2D eigenvalue weighted by atomic mass is 15.0. The van der Waals surface area contributed by atoms with Crippen LogP contribution in [0.5, 0.6) is 0 Å². The van der Waals surface area contributed by atoms with Gasteiger partial charge in [-0.25, -0.2) is 19.9 Å². The number of aromatic nitrogens is 5. The van der Waals surface area contributed by atoms with Crippen molar-refractivity contribution in [3.63, 3.8) is 0 Å². The van der Waals surface area contributed by atoms with Gasteiger partial charge < -0.3 is 4.57 Å². The van der Waals surface area contributed by atoms with E-state index in [1.165, 1.54) is 10.8 Å². The lowest BCUT2D eigenvalue weighted by molar-refractivity contribution is 1.07. The standard InChI is InChI=1S/C56H35N5/c1-4-16-37(17-5-1)51-46-26-13-12-25-45(46)47-30-31-48-49-35-41(29-32-50(49)61(53(48)52(47)57-51)44-23-8-3-9-24-44)40-21-14-22-42(34-40)55-58-54(38-18-6-2-7-19-38)59-56(60-55)43-28-27-36-15-10-11-20-39(36)33-43/h1-35H. The second-order valence-corrected chi connectivity index (χ2v) is 15.4. The van der Waals surface area contributed by atoms with Crippen molar-refractivity contribution >= 4 is 54.3 Å². The van der Waals surface area contributed by atoms with Crippen LogP contribution in [0.25, 0.3) is 116 Å². The average molecular weight is 778 g/mol. The fourth-order valence-corrected chi connectivity index (χ4v) is 8.88. The largest absolute Gasteiger partial charge is 0.307 e. The molecule has 0 atom stereocenters. The van der Waals surface area contributed by atoms with Gasteiger partial charge in [-0.2, -0.15) is 0 Å². The second kappa shape index (κ2) is 14.2.